The average molecular weight is 410 g/mol. The molecule has 0 bridgehead atoms. The zero-order valence-corrected chi connectivity index (χ0v) is 16.3. The van der Waals surface area contributed by atoms with Gasteiger partial charge >= 0.3 is 0 Å². The molecule has 1 aliphatic carbocycles. The summed E-state index contributed by atoms with van der Waals surface area (Å²) in [4.78, 5) is 27.7. The van der Waals surface area contributed by atoms with Gasteiger partial charge in [0.05, 0.1) is 0 Å². The van der Waals surface area contributed by atoms with Crippen molar-refractivity contribution in [2.24, 2.45) is 0 Å². The molecule has 1 heterocycles. The normalized spacial score (nSPS) is 20.4. The highest BCUT2D eigenvalue weighted by molar-refractivity contribution is 9.10. The van der Waals surface area contributed by atoms with Crippen molar-refractivity contribution in [3.05, 3.63) is 75.4 Å². The minimum Gasteiger partial charge on any atom is -0.294 e. The summed E-state index contributed by atoms with van der Waals surface area (Å²) in [7, 11) is 0. The Morgan fingerprint density at radius 3 is 2.54 bits per heavy atom. The second-order valence-electron chi connectivity index (χ2n) is 7.01. The van der Waals surface area contributed by atoms with E-state index in [-0.39, 0.29) is 17.6 Å². The highest BCUT2D eigenvalue weighted by atomic mass is 79.9. The number of aryl methyl sites for hydroxylation is 1. The summed E-state index contributed by atoms with van der Waals surface area (Å²) < 4.78 is 0.924. The molecule has 0 aromatic heterocycles. The molecular formula is C22H20BrNO2. The van der Waals surface area contributed by atoms with Gasteiger partial charge in [-0.2, -0.15) is 0 Å². The van der Waals surface area contributed by atoms with Crippen LogP contribution in [0, 0.1) is 6.92 Å². The van der Waals surface area contributed by atoms with E-state index in [1.165, 1.54) is 5.56 Å². The number of benzene rings is 2. The molecule has 1 amide bonds. The number of allylic oxidation sites excluding steroid dienone is 2. The van der Waals surface area contributed by atoms with E-state index in [0.717, 1.165) is 39.8 Å². The number of anilines is 1. The Morgan fingerprint density at radius 1 is 1.04 bits per heavy atom. The Morgan fingerprint density at radius 2 is 1.81 bits per heavy atom. The molecule has 132 valence electrons. The quantitative estimate of drug-likeness (QED) is 0.675. The fourth-order valence-electron chi connectivity index (χ4n) is 3.99. The zero-order chi connectivity index (χ0) is 18.3. The molecule has 1 atom stereocenters. The average Bonchev–Trinajstić information content (AvgIpc) is 2.62. The lowest BCUT2D eigenvalue weighted by atomic mass is 9.77. The number of ketones is 1. The fourth-order valence-corrected chi connectivity index (χ4v) is 4.38. The van der Waals surface area contributed by atoms with Crippen molar-refractivity contribution in [1.82, 2.24) is 0 Å². The van der Waals surface area contributed by atoms with Crippen LogP contribution in [0.15, 0.2) is 64.3 Å². The number of carbonyl (C=O) groups excluding carboxylic acids is 2. The Kier molecular flexibility index (Phi) is 4.53. The van der Waals surface area contributed by atoms with Crippen molar-refractivity contribution in [2.75, 3.05) is 4.90 Å². The van der Waals surface area contributed by atoms with Crippen molar-refractivity contribution in [2.45, 2.75) is 38.5 Å². The van der Waals surface area contributed by atoms with Gasteiger partial charge in [-0.05, 0) is 43.5 Å². The topological polar surface area (TPSA) is 37.4 Å². The molecule has 4 rings (SSSR count). The van der Waals surface area contributed by atoms with Gasteiger partial charge in [0.15, 0.2) is 5.78 Å². The van der Waals surface area contributed by atoms with E-state index in [9.17, 15) is 9.59 Å². The van der Waals surface area contributed by atoms with Gasteiger partial charge in [0, 0.05) is 40.2 Å². The lowest BCUT2D eigenvalue weighted by Crippen LogP contribution is -2.40. The van der Waals surface area contributed by atoms with Gasteiger partial charge < -0.3 is 0 Å². The predicted octanol–water partition coefficient (Wildman–Crippen LogP) is 5.29. The maximum atomic E-state index is 13.1. The van der Waals surface area contributed by atoms with E-state index in [0.29, 0.717) is 12.8 Å². The standard InChI is InChI=1S/C22H20BrNO2/c1-14-8-10-15(11-9-14)18-13-21(26)24(17-5-2-4-16(23)12-17)19-6-3-7-20(25)22(18)19/h2,4-5,8-12,18H,3,6-7,13H2,1H3. The van der Waals surface area contributed by atoms with E-state index in [1.807, 2.05) is 43.3 Å². The largest absolute Gasteiger partial charge is 0.294 e. The Hall–Kier alpha value is -2.20. The monoisotopic (exact) mass is 409 g/mol. The molecule has 0 N–H and O–H groups in total. The van der Waals surface area contributed by atoms with E-state index in [4.69, 9.17) is 0 Å². The summed E-state index contributed by atoms with van der Waals surface area (Å²) in [6.07, 6.45) is 2.47. The molecule has 2 aromatic carbocycles. The molecule has 0 fully saturated rings. The maximum Gasteiger partial charge on any atom is 0.232 e. The fraction of sp³-hybridized carbons (Fsp3) is 0.273. The maximum absolute atomic E-state index is 13.1. The SMILES string of the molecule is Cc1ccc(C2CC(=O)N(c3cccc(Br)c3)C3=C2C(=O)CCC3)cc1. The lowest BCUT2D eigenvalue weighted by Gasteiger charge is -2.38. The second kappa shape index (κ2) is 6.84. The van der Waals surface area contributed by atoms with Crippen LogP contribution in [0.25, 0.3) is 0 Å². The Labute approximate surface area is 161 Å². The van der Waals surface area contributed by atoms with Crippen molar-refractivity contribution in [3.8, 4) is 0 Å². The first kappa shape index (κ1) is 17.2. The van der Waals surface area contributed by atoms with Crippen LogP contribution in [0.3, 0.4) is 0 Å². The molecule has 0 saturated carbocycles. The number of hydrogen-bond acceptors (Lipinski definition) is 2. The number of carbonyl (C=O) groups is 2. The third-order valence-corrected chi connectivity index (χ3v) is 5.71. The number of nitrogens with zero attached hydrogens (tertiary/aromatic N) is 1. The summed E-state index contributed by atoms with van der Waals surface area (Å²) in [6, 6.07) is 15.9. The van der Waals surface area contributed by atoms with Crippen molar-refractivity contribution >= 4 is 33.3 Å². The first-order valence-electron chi connectivity index (χ1n) is 8.96. The van der Waals surface area contributed by atoms with Crippen LogP contribution in [0.2, 0.25) is 0 Å². The molecule has 2 aliphatic rings. The van der Waals surface area contributed by atoms with Gasteiger partial charge in [-0.1, -0.05) is 51.8 Å². The van der Waals surface area contributed by atoms with Crippen LogP contribution in [0.5, 0.6) is 0 Å². The predicted molar refractivity (Wildman–Crippen MR) is 106 cm³/mol. The molecule has 26 heavy (non-hydrogen) atoms. The summed E-state index contributed by atoms with van der Waals surface area (Å²) in [5.74, 6) is 0.112. The van der Waals surface area contributed by atoms with Gasteiger partial charge in [0.2, 0.25) is 5.91 Å². The first-order chi connectivity index (χ1) is 12.5. The van der Waals surface area contributed by atoms with E-state index in [2.05, 4.69) is 28.1 Å². The van der Waals surface area contributed by atoms with E-state index >= 15 is 0 Å². The highest BCUT2D eigenvalue weighted by Crippen LogP contribution is 2.43. The van der Waals surface area contributed by atoms with Crippen LogP contribution in [-0.2, 0) is 9.59 Å². The van der Waals surface area contributed by atoms with Crippen LogP contribution in [-0.4, -0.2) is 11.7 Å². The second-order valence-corrected chi connectivity index (χ2v) is 7.93. The molecule has 1 aliphatic heterocycles. The van der Waals surface area contributed by atoms with Crippen LogP contribution >= 0.6 is 15.9 Å². The number of amides is 1. The molecule has 4 heteroatoms. The zero-order valence-electron chi connectivity index (χ0n) is 14.7. The molecular weight excluding hydrogens is 390 g/mol. The van der Waals surface area contributed by atoms with E-state index < -0.39 is 0 Å². The first-order valence-corrected chi connectivity index (χ1v) is 9.75. The summed E-state index contributed by atoms with van der Waals surface area (Å²) >= 11 is 3.48. The Balaban J connectivity index is 1.85. The molecule has 2 aromatic rings. The summed E-state index contributed by atoms with van der Waals surface area (Å²) in [6.45, 7) is 2.04. The molecule has 0 spiro atoms. The van der Waals surface area contributed by atoms with Crippen molar-refractivity contribution in [1.29, 1.82) is 0 Å². The summed E-state index contributed by atoms with van der Waals surface area (Å²) in [5, 5.41) is 0. The third-order valence-electron chi connectivity index (χ3n) is 5.22. The van der Waals surface area contributed by atoms with Gasteiger partial charge in [0.25, 0.3) is 0 Å². The molecule has 1 unspecified atom stereocenters. The smallest absolute Gasteiger partial charge is 0.232 e. The summed E-state index contributed by atoms with van der Waals surface area (Å²) in [5.41, 5.74) is 4.78. The molecule has 0 saturated heterocycles. The number of hydrogen-bond donors (Lipinski definition) is 0. The van der Waals surface area contributed by atoms with Crippen LogP contribution < -0.4 is 4.90 Å². The van der Waals surface area contributed by atoms with Gasteiger partial charge in [-0.3, -0.25) is 14.5 Å². The minimum atomic E-state index is -0.130. The highest BCUT2D eigenvalue weighted by Gasteiger charge is 2.39. The molecule has 0 radical (unpaired) electrons. The number of Topliss-reactive ketones (excluding diaryl/α,β-unsaturated/α-hetero) is 1. The van der Waals surface area contributed by atoms with Crippen molar-refractivity contribution < 1.29 is 9.59 Å². The van der Waals surface area contributed by atoms with Gasteiger partial charge in [-0.15, -0.1) is 0 Å². The lowest BCUT2D eigenvalue weighted by molar-refractivity contribution is -0.119. The number of halogens is 1. The van der Waals surface area contributed by atoms with Gasteiger partial charge in [0.1, 0.15) is 0 Å². The molecule has 3 nitrogen and oxygen atoms in total. The minimum absolute atomic E-state index is 0.0575. The van der Waals surface area contributed by atoms with E-state index in [1.54, 1.807) is 4.90 Å². The van der Waals surface area contributed by atoms with Crippen molar-refractivity contribution in [3.63, 3.8) is 0 Å². The number of rotatable bonds is 2. The van der Waals surface area contributed by atoms with Crippen LogP contribution in [0.1, 0.15) is 42.7 Å². The third kappa shape index (κ3) is 3.03. The van der Waals surface area contributed by atoms with Gasteiger partial charge in [-0.25, -0.2) is 0 Å². The Bertz CT molecular complexity index is 914. The van der Waals surface area contributed by atoms with Crippen LogP contribution in [0.4, 0.5) is 5.69 Å².